The van der Waals surface area contributed by atoms with Gasteiger partial charge in [0.25, 0.3) is 0 Å². The van der Waals surface area contributed by atoms with Crippen LogP contribution in [0.25, 0.3) is 0 Å². The Hall–Kier alpha value is -1.00. The van der Waals surface area contributed by atoms with Crippen molar-refractivity contribution >= 4 is 11.6 Å². The number of benzene rings is 1. The van der Waals surface area contributed by atoms with Crippen LogP contribution >= 0.6 is 11.6 Å². The lowest BCUT2D eigenvalue weighted by Gasteiger charge is -2.39. The van der Waals surface area contributed by atoms with E-state index in [0.717, 1.165) is 12.5 Å². The number of phenols is 1. The summed E-state index contributed by atoms with van der Waals surface area (Å²) >= 11 is 5.85. The third-order valence-corrected chi connectivity index (χ3v) is 3.49. The van der Waals surface area contributed by atoms with E-state index in [2.05, 4.69) is 0 Å². The summed E-state index contributed by atoms with van der Waals surface area (Å²) in [5, 5.41) is 9.83. The Kier molecular flexibility index (Phi) is 2.72. The zero-order valence-corrected chi connectivity index (χ0v) is 9.64. The van der Waals surface area contributed by atoms with Gasteiger partial charge in [0.05, 0.1) is 12.1 Å². The van der Waals surface area contributed by atoms with Crippen molar-refractivity contribution in [1.29, 1.82) is 0 Å². The normalized spacial score (nSPS) is 18.0. The molecule has 0 atom stereocenters. The van der Waals surface area contributed by atoms with Crippen LogP contribution in [0.5, 0.6) is 11.5 Å². The average Bonchev–Trinajstić information content (AvgIpc) is 2.21. The van der Waals surface area contributed by atoms with Gasteiger partial charge in [-0.2, -0.15) is 0 Å². The lowest BCUT2D eigenvalue weighted by molar-refractivity contribution is 0.241. The highest BCUT2D eigenvalue weighted by Gasteiger charge is 2.40. The summed E-state index contributed by atoms with van der Waals surface area (Å²) in [5.74, 6) is -0.715. The smallest absolute Gasteiger partial charge is 0.164 e. The van der Waals surface area contributed by atoms with Gasteiger partial charge in [0.2, 0.25) is 0 Å². The second-order valence-corrected chi connectivity index (χ2v) is 4.49. The molecular formula is C11H13ClFNO2. The highest BCUT2D eigenvalue weighted by Crippen LogP contribution is 2.49. The van der Waals surface area contributed by atoms with Gasteiger partial charge in [0.15, 0.2) is 11.5 Å². The van der Waals surface area contributed by atoms with Crippen molar-refractivity contribution in [2.75, 3.05) is 7.11 Å². The minimum Gasteiger partial charge on any atom is -0.504 e. The Morgan fingerprint density at radius 3 is 2.62 bits per heavy atom. The predicted molar refractivity (Wildman–Crippen MR) is 59.3 cm³/mol. The summed E-state index contributed by atoms with van der Waals surface area (Å²) in [5.41, 5.74) is 5.59. The van der Waals surface area contributed by atoms with Gasteiger partial charge in [-0.1, -0.05) is 11.6 Å². The maximum Gasteiger partial charge on any atom is 0.164 e. The quantitative estimate of drug-likeness (QED) is 0.842. The summed E-state index contributed by atoms with van der Waals surface area (Å²) < 4.78 is 18.4. The molecule has 3 N–H and O–H groups in total. The molecule has 1 aliphatic rings. The molecule has 3 nitrogen and oxygen atoms in total. The molecule has 1 aliphatic carbocycles. The van der Waals surface area contributed by atoms with E-state index in [4.69, 9.17) is 22.1 Å². The van der Waals surface area contributed by atoms with Gasteiger partial charge in [0, 0.05) is 17.2 Å². The Morgan fingerprint density at radius 2 is 2.19 bits per heavy atom. The van der Waals surface area contributed by atoms with Crippen LogP contribution in [-0.2, 0) is 5.54 Å². The molecule has 0 saturated heterocycles. The third kappa shape index (κ3) is 1.53. The molecule has 16 heavy (non-hydrogen) atoms. The number of halogens is 2. The van der Waals surface area contributed by atoms with Crippen molar-refractivity contribution in [2.24, 2.45) is 5.73 Å². The van der Waals surface area contributed by atoms with Crippen molar-refractivity contribution in [3.05, 3.63) is 22.5 Å². The molecule has 88 valence electrons. The SMILES string of the molecule is COc1cc(F)c(Cl)c(C2(N)CCC2)c1O. The van der Waals surface area contributed by atoms with Crippen LogP contribution in [0.15, 0.2) is 6.07 Å². The van der Waals surface area contributed by atoms with Gasteiger partial charge in [-0.3, -0.25) is 0 Å². The standard InChI is InChI=1S/C11H13ClFNO2/c1-16-7-5-6(13)9(12)8(10(7)15)11(14)3-2-4-11/h5,15H,2-4,14H2,1H3. The minimum absolute atomic E-state index is 0.0635. The molecule has 1 fully saturated rings. The second kappa shape index (κ2) is 3.79. The molecule has 0 aromatic heterocycles. The van der Waals surface area contributed by atoms with Gasteiger partial charge in [-0.05, 0) is 19.3 Å². The fourth-order valence-corrected chi connectivity index (χ4v) is 2.34. The molecule has 0 aliphatic heterocycles. The Balaban J connectivity index is 2.62. The number of aromatic hydroxyl groups is 1. The first-order valence-electron chi connectivity index (χ1n) is 5.04. The average molecular weight is 246 g/mol. The number of hydrogen-bond acceptors (Lipinski definition) is 3. The van der Waals surface area contributed by atoms with Crippen LogP contribution in [0.1, 0.15) is 24.8 Å². The summed E-state index contributed by atoms with van der Waals surface area (Å²) in [6, 6.07) is 1.06. The second-order valence-electron chi connectivity index (χ2n) is 4.11. The van der Waals surface area contributed by atoms with E-state index in [1.807, 2.05) is 0 Å². The van der Waals surface area contributed by atoms with Crippen LogP contribution < -0.4 is 10.5 Å². The summed E-state index contributed by atoms with van der Waals surface area (Å²) in [4.78, 5) is 0. The number of rotatable bonds is 2. The molecule has 0 heterocycles. The highest BCUT2D eigenvalue weighted by molar-refractivity contribution is 6.32. The Morgan fingerprint density at radius 1 is 1.56 bits per heavy atom. The molecule has 5 heteroatoms. The maximum atomic E-state index is 13.5. The summed E-state index contributed by atoms with van der Waals surface area (Å²) in [7, 11) is 1.36. The fraction of sp³-hybridized carbons (Fsp3) is 0.455. The molecular weight excluding hydrogens is 233 g/mol. The lowest BCUT2D eigenvalue weighted by Crippen LogP contribution is -2.43. The van der Waals surface area contributed by atoms with Crippen LogP contribution in [0.2, 0.25) is 5.02 Å². The van der Waals surface area contributed by atoms with E-state index in [9.17, 15) is 9.50 Å². The number of hydrogen-bond donors (Lipinski definition) is 2. The molecule has 1 aromatic rings. The van der Waals surface area contributed by atoms with E-state index in [1.165, 1.54) is 7.11 Å². The van der Waals surface area contributed by atoms with Crippen LogP contribution in [0.3, 0.4) is 0 Å². The first-order valence-corrected chi connectivity index (χ1v) is 5.42. The van der Waals surface area contributed by atoms with Gasteiger partial charge < -0.3 is 15.6 Å². The van der Waals surface area contributed by atoms with E-state index in [1.54, 1.807) is 0 Å². The van der Waals surface area contributed by atoms with Gasteiger partial charge >= 0.3 is 0 Å². The van der Waals surface area contributed by atoms with E-state index in [-0.39, 0.29) is 22.1 Å². The van der Waals surface area contributed by atoms with Crippen molar-refractivity contribution in [1.82, 2.24) is 0 Å². The molecule has 0 amide bonds. The van der Waals surface area contributed by atoms with Gasteiger partial charge in [-0.25, -0.2) is 4.39 Å². The van der Waals surface area contributed by atoms with Crippen LogP contribution in [-0.4, -0.2) is 12.2 Å². The van der Waals surface area contributed by atoms with Crippen molar-refractivity contribution in [3.8, 4) is 11.5 Å². The predicted octanol–water partition coefficient (Wildman–Crippen LogP) is 2.53. The molecule has 0 spiro atoms. The zero-order chi connectivity index (χ0) is 11.9. The number of phenolic OH excluding ortho intramolecular Hbond substituents is 1. The zero-order valence-electron chi connectivity index (χ0n) is 8.89. The number of ether oxygens (including phenoxy) is 1. The first-order chi connectivity index (χ1) is 7.49. The molecule has 0 bridgehead atoms. The van der Waals surface area contributed by atoms with Crippen molar-refractivity contribution < 1.29 is 14.2 Å². The third-order valence-electron chi connectivity index (χ3n) is 3.12. The summed E-state index contributed by atoms with van der Waals surface area (Å²) in [6.45, 7) is 0. The minimum atomic E-state index is -0.726. The van der Waals surface area contributed by atoms with Crippen LogP contribution in [0, 0.1) is 5.82 Å². The number of methoxy groups -OCH3 is 1. The molecule has 0 radical (unpaired) electrons. The monoisotopic (exact) mass is 245 g/mol. The highest BCUT2D eigenvalue weighted by atomic mass is 35.5. The number of nitrogens with two attached hydrogens (primary N) is 1. The topological polar surface area (TPSA) is 55.5 Å². The van der Waals surface area contributed by atoms with Gasteiger partial charge in [-0.15, -0.1) is 0 Å². The first kappa shape index (κ1) is 11.5. The Labute approximate surface area is 98.0 Å². The van der Waals surface area contributed by atoms with E-state index >= 15 is 0 Å². The molecule has 2 rings (SSSR count). The maximum absolute atomic E-state index is 13.5. The molecule has 1 saturated carbocycles. The summed E-state index contributed by atoms with van der Waals surface area (Å²) in [6.07, 6.45) is 2.32. The van der Waals surface area contributed by atoms with Gasteiger partial charge in [0.1, 0.15) is 5.82 Å². The van der Waals surface area contributed by atoms with E-state index < -0.39 is 11.4 Å². The van der Waals surface area contributed by atoms with Crippen LogP contribution in [0.4, 0.5) is 4.39 Å². The van der Waals surface area contributed by atoms with E-state index in [0.29, 0.717) is 12.8 Å². The largest absolute Gasteiger partial charge is 0.504 e. The van der Waals surface area contributed by atoms with Crippen molar-refractivity contribution in [3.63, 3.8) is 0 Å². The lowest BCUT2D eigenvalue weighted by atomic mass is 9.72. The molecule has 1 aromatic carbocycles. The molecule has 0 unspecified atom stereocenters. The van der Waals surface area contributed by atoms with Crippen molar-refractivity contribution in [2.45, 2.75) is 24.8 Å². The Bertz CT molecular complexity index is 432. The fourth-order valence-electron chi connectivity index (χ4n) is 2.01.